The van der Waals surface area contributed by atoms with E-state index in [2.05, 4.69) is 42.6 Å². The molecule has 21 heavy (non-hydrogen) atoms. The minimum atomic E-state index is 0.280. The van der Waals surface area contributed by atoms with E-state index in [9.17, 15) is 0 Å². The van der Waals surface area contributed by atoms with Gasteiger partial charge in [0, 0.05) is 12.6 Å². The van der Waals surface area contributed by atoms with E-state index in [-0.39, 0.29) is 6.04 Å². The van der Waals surface area contributed by atoms with Gasteiger partial charge in [-0.2, -0.15) is 5.26 Å². The van der Waals surface area contributed by atoms with E-state index < -0.39 is 0 Å². The molecule has 1 saturated carbocycles. The van der Waals surface area contributed by atoms with Crippen LogP contribution in [0.3, 0.4) is 0 Å². The van der Waals surface area contributed by atoms with Crippen LogP contribution < -0.4 is 5.32 Å². The highest BCUT2D eigenvalue weighted by molar-refractivity contribution is 5.33. The van der Waals surface area contributed by atoms with Gasteiger partial charge >= 0.3 is 0 Å². The monoisotopic (exact) mass is 276 g/mol. The largest absolute Gasteiger partial charge is 0.306 e. The molecule has 1 fully saturated rings. The summed E-state index contributed by atoms with van der Waals surface area (Å²) in [4.78, 5) is 0. The Bertz CT molecular complexity index is 648. The third-order valence-electron chi connectivity index (χ3n) is 4.15. The van der Waals surface area contributed by atoms with Gasteiger partial charge in [0.25, 0.3) is 0 Å². The number of nitrogens with one attached hydrogen (secondary N) is 1. The summed E-state index contributed by atoms with van der Waals surface area (Å²) in [6.45, 7) is 3.04. The Labute approximate surface area is 126 Å². The molecule has 1 aliphatic carbocycles. The molecule has 3 rings (SSSR count). The Balaban J connectivity index is 1.61. The highest BCUT2D eigenvalue weighted by atomic mass is 14.9. The first kappa shape index (κ1) is 13.9. The molecule has 2 nitrogen and oxygen atoms in total. The fourth-order valence-electron chi connectivity index (χ4n) is 2.61. The predicted molar refractivity (Wildman–Crippen MR) is 84.8 cm³/mol. The van der Waals surface area contributed by atoms with Crippen molar-refractivity contribution in [3.8, 4) is 6.07 Å². The zero-order chi connectivity index (χ0) is 14.7. The molecule has 2 aromatic carbocycles. The molecule has 0 spiro atoms. The van der Waals surface area contributed by atoms with Crippen LogP contribution in [-0.4, -0.2) is 0 Å². The van der Waals surface area contributed by atoms with E-state index in [1.807, 2.05) is 24.3 Å². The smallest absolute Gasteiger partial charge is 0.0991 e. The van der Waals surface area contributed by atoms with Gasteiger partial charge in [-0.05, 0) is 54.5 Å². The molecule has 0 bridgehead atoms. The molecular weight excluding hydrogens is 256 g/mol. The van der Waals surface area contributed by atoms with Crippen molar-refractivity contribution < 1.29 is 0 Å². The van der Waals surface area contributed by atoms with Gasteiger partial charge in [0.2, 0.25) is 0 Å². The summed E-state index contributed by atoms with van der Waals surface area (Å²) >= 11 is 0. The second kappa shape index (κ2) is 6.11. The van der Waals surface area contributed by atoms with Gasteiger partial charge in [0.15, 0.2) is 0 Å². The fourth-order valence-corrected chi connectivity index (χ4v) is 2.61. The summed E-state index contributed by atoms with van der Waals surface area (Å²) in [7, 11) is 0. The molecule has 1 atom stereocenters. The van der Waals surface area contributed by atoms with Crippen LogP contribution in [0.1, 0.15) is 54.0 Å². The average molecular weight is 276 g/mol. The minimum Gasteiger partial charge on any atom is -0.306 e. The Morgan fingerprint density at radius 1 is 1.19 bits per heavy atom. The minimum absolute atomic E-state index is 0.280. The maximum absolute atomic E-state index is 8.83. The number of hydrogen-bond donors (Lipinski definition) is 1. The first-order chi connectivity index (χ1) is 10.3. The number of rotatable bonds is 5. The Hall–Kier alpha value is -2.11. The van der Waals surface area contributed by atoms with Gasteiger partial charge in [-0.3, -0.25) is 0 Å². The molecule has 0 saturated heterocycles. The lowest BCUT2D eigenvalue weighted by Gasteiger charge is -2.15. The molecule has 1 aliphatic rings. The summed E-state index contributed by atoms with van der Waals surface area (Å²) < 4.78 is 0. The molecule has 1 unspecified atom stereocenters. The first-order valence-corrected chi connectivity index (χ1v) is 7.58. The van der Waals surface area contributed by atoms with Crippen LogP contribution in [-0.2, 0) is 6.54 Å². The number of hydrogen-bond acceptors (Lipinski definition) is 2. The first-order valence-electron chi connectivity index (χ1n) is 7.58. The van der Waals surface area contributed by atoms with Crippen LogP contribution in [0.2, 0.25) is 0 Å². The van der Waals surface area contributed by atoms with Crippen molar-refractivity contribution in [2.45, 2.75) is 38.3 Å². The van der Waals surface area contributed by atoms with E-state index >= 15 is 0 Å². The van der Waals surface area contributed by atoms with E-state index in [4.69, 9.17) is 5.26 Å². The lowest BCUT2D eigenvalue weighted by atomic mass is 10.0. The molecule has 0 amide bonds. The fraction of sp³-hybridized carbons (Fsp3) is 0.316. The van der Waals surface area contributed by atoms with E-state index in [1.54, 1.807) is 0 Å². The number of nitriles is 1. The molecule has 106 valence electrons. The highest BCUT2D eigenvalue weighted by Crippen LogP contribution is 2.40. The average Bonchev–Trinajstić information content (AvgIpc) is 3.38. The van der Waals surface area contributed by atoms with E-state index in [0.717, 1.165) is 12.5 Å². The number of benzene rings is 2. The third kappa shape index (κ3) is 3.51. The molecule has 2 heteroatoms. The SMILES string of the molecule is CC(NCc1cccc(C2CC2)c1)c1ccc(C#N)cc1. The summed E-state index contributed by atoms with van der Waals surface area (Å²) in [6, 6.07) is 19.2. The Morgan fingerprint density at radius 2 is 1.95 bits per heavy atom. The van der Waals surface area contributed by atoms with Gasteiger partial charge in [0.1, 0.15) is 0 Å². The van der Waals surface area contributed by atoms with Crippen LogP contribution >= 0.6 is 0 Å². The maximum Gasteiger partial charge on any atom is 0.0991 e. The maximum atomic E-state index is 8.83. The molecular formula is C19H20N2. The van der Waals surface area contributed by atoms with Crippen molar-refractivity contribution in [1.29, 1.82) is 5.26 Å². The quantitative estimate of drug-likeness (QED) is 0.884. The van der Waals surface area contributed by atoms with Crippen molar-refractivity contribution in [1.82, 2.24) is 5.32 Å². The third-order valence-corrected chi connectivity index (χ3v) is 4.15. The van der Waals surface area contributed by atoms with Crippen molar-refractivity contribution in [3.63, 3.8) is 0 Å². The van der Waals surface area contributed by atoms with Crippen molar-refractivity contribution in [2.75, 3.05) is 0 Å². The molecule has 0 radical (unpaired) electrons. The molecule has 0 heterocycles. The zero-order valence-electron chi connectivity index (χ0n) is 12.3. The van der Waals surface area contributed by atoms with Crippen molar-refractivity contribution in [2.24, 2.45) is 0 Å². The van der Waals surface area contributed by atoms with Gasteiger partial charge in [-0.1, -0.05) is 36.4 Å². The summed E-state index contributed by atoms with van der Waals surface area (Å²) in [5.41, 5.74) is 4.76. The van der Waals surface area contributed by atoms with Crippen LogP contribution in [0.25, 0.3) is 0 Å². The van der Waals surface area contributed by atoms with Crippen molar-refractivity contribution >= 4 is 0 Å². The van der Waals surface area contributed by atoms with E-state index in [0.29, 0.717) is 5.56 Å². The van der Waals surface area contributed by atoms with Gasteiger partial charge in [-0.25, -0.2) is 0 Å². The topological polar surface area (TPSA) is 35.8 Å². The highest BCUT2D eigenvalue weighted by Gasteiger charge is 2.23. The van der Waals surface area contributed by atoms with Crippen LogP contribution in [0, 0.1) is 11.3 Å². The van der Waals surface area contributed by atoms with Gasteiger partial charge < -0.3 is 5.32 Å². The summed E-state index contributed by atoms with van der Waals surface area (Å²) in [5.74, 6) is 0.806. The van der Waals surface area contributed by atoms with Gasteiger partial charge in [-0.15, -0.1) is 0 Å². The second-order valence-corrected chi connectivity index (χ2v) is 5.86. The lowest BCUT2D eigenvalue weighted by molar-refractivity contribution is 0.574. The second-order valence-electron chi connectivity index (χ2n) is 5.86. The summed E-state index contributed by atoms with van der Waals surface area (Å²) in [6.07, 6.45) is 2.69. The number of nitrogens with zero attached hydrogens (tertiary/aromatic N) is 1. The van der Waals surface area contributed by atoms with Crippen LogP contribution in [0.15, 0.2) is 48.5 Å². The Kier molecular flexibility index (Phi) is 4.03. The molecule has 1 N–H and O–H groups in total. The predicted octanol–water partition coefficient (Wildman–Crippen LogP) is 4.29. The summed E-state index contributed by atoms with van der Waals surface area (Å²) in [5, 5.41) is 12.4. The van der Waals surface area contributed by atoms with Gasteiger partial charge in [0.05, 0.1) is 11.6 Å². The van der Waals surface area contributed by atoms with E-state index in [1.165, 1.54) is 29.5 Å². The van der Waals surface area contributed by atoms with Crippen molar-refractivity contribution in [3.05, 3.63) is 70.8 Å². The standard InChI is InChI=1S/C19H20N2/c1-14(17-7-5-15(12-20)6-8-17)21-13-16-3-2-4-19(11-16)18-9-10-18/h2-8,11,14,18,21H,9-10,13H2,1H3. The van der Waals surface area contributed by atoms with Crippen LogP contribution in [0.4, 0.5) is 0 Å². The lowest BCUT2D eigenvalue weighted by Crippen LogP contribution is -2.18. The van der Waals surface area contributed by atoms with Crippen LogP contribution in [0.5, 0.6) is 0 Å². The zero-order valence-corrected chi connectivity index (χ0v) is 12.3. The molecule has 0 aliphatic heterocycles. The Morgan fingerprint density at radius 3 is 2.62 bits per heavy atom. The normalized spacial score (nSPS) is 15.4. The molecule has 0 aromatic heterocycles. The molecule has 2 aromatic rings.